The fraction of sp³-hybridized carbons (Fsp3) is 0.500. The quantitative estimate of drug-likeness (QED) is 0.426. The topological polar surface area (TPSA) is 59.1 Å². The highest BCUT2D eigenvalue weighted by Crippen LogP contribution is 2.22. The molecule has 100 valence electrons. The maximum atomic E-state index is 7.33. The highest BCUT2D eigenvalue weighted by Gasteiger charge is 2.04. The van der Waals surface area contributed by atoms with Crippen molar-refractivity contribution in [2.45, 2.75) is 39.0 Å². The fourth-order valence-electron chi connectivity index (χ4n) is 1.70. The van der Waals surface area contributed by atoms with Gasteiger partial charge in [0.2, 0.25) is 0 Å². The summed E-state index contributed by atoms with van der Waals surface area (Å²) in [7, 11) is 0. The molecule has 0 fully saturated rings. The van der Waals surface area contributed by atoms with Gasteiger partial charge in [0.15, 0.2) is 0 Å². The molecular formula is C14H21ClN2O. The smallest absolute Gasteiger partial charge is 0.124 e. The molecule has 0 saturated heterocycles. The average molecular weight is 269 g/mol. The Bertz CT molecular complexity index is 393. The molecule has 0 unspecified atom stereocenters. The van der Waals surface area contributed by atoms with Crippen molar-refractivity contribution < 1.29 is 4.74 Å². The molecule has 3 nitrogen and oxygen atoms in total. The maximum absolute atomic E-state index is 7.33. The van der Waals surface area contributed by atoms with E-state index in [1.165, 1.54) is 25.7 Å². The van der Waals surface area contributed by atoms with Gasteiger partial charge in [-0.05, 0) is 24.6 Å². The van der Waals surface area contributed by atoms with Crippen molar-refractivity contribution >= 4 is 17.4 Å². The second kappa shape index (κ2) is 7.98. The Hall–Kier alpha value is -1.22. The SMILES string of the molecule is CCCCCCCOc1ccc(C(=N)N)c(Cl)c1. The Labute approximate surface area is 114 Å². The number of hydrogen-bond acceptors (Lipinski definition) is 2. The zero-order chi connectivity index (χ0) is 13.4. The van der Waals surface area contributed by atoms with Gasteiger partial charge in [0.1, 0.15) is 11.6 Å². The molecular weight excluding hydrogens is 248 g/mol. The number of nitrogens with one attached hydrogen (secondary N) is 1. The molecule has 0 aliphatic heterocycles. The number of ether oxygens (including phenoxy) is 1. The molecule has 0 spiro atoms. The Morgan fingerprint density at radius 2 is 2.00 bits per heavy atom. The van der Waals surface area contributed by atoms with E-state index in [1.54, 1.807) is 18.2 Å². The Morgan fingerprint density at radius 1 is 1.28 bits per heavy atom. The summed E-state index contributed by atoms with van der Waals surface area (Å²) in [4.78, 5) is 0. The van der Waals surface area contributed by atoms with Gasteiger partial charge in [-0.15, -0.1) is 0 Å². The number of hydrogen-bond donors (Lipinski definition) is 2. The zero-order valence-electron chi connectivity index (χ0n) is 10.8. The summed E-state index contributed by atoms with van der Waals surface area (Å²) in [6, 6.07) is 5.23. The predicted molar refractivity (Wildman–Crippen MR) is 76.7 cm³/mol. The third-order valence-electron chi connectivity index (χ3n) is 2.75. The van der Waals surface area contributed by atoms with E-state index in [2.05, 4.69) is 6.92 Å². The van der Waals surface area contributed by atoms with Crippen LogP contribution in [0.15, 0.2) is 18.2 Å². The van der Waals surface area contributed by atoms with Crippen molar-refractivity contribution in [2.24, 2.45) is 5.73 Å². The van der Waals surface area contributed by atoms with Crippen LogP contribution in [-0.4, -0.2) is 12.4 Å². The largest absolute Gasteiger partial charge is 0.494 e. The Balaban J connectivity index is 2.35. The summed E-state index contributed by atoms with van der Waals surface area (Å²) in [5.41, 5.74) is 5.94. The summed E-state index contributed by atoms with van der Waals surface area (Å²) in [6.45, 7) is 2.91. The van der Waals surface area contributed by atoms with Crippen LogP contribution >= 0.6 is 11.6 Å². The minimum Gasteiger partial charge on any atom is -0.494 e. The summed E-state index contributed by atoms with van der Waals surface area (Å²) in [5.74, 6) is 0.714. The van der Waals surface area contributed by atoms with Crippen LogP contribution < -0.4 is 10.5 Å². The van der Waals surface area contributed by atoms with Gasteiger partial charge in [0, 0.05) is 5.56 Å². The molecule has 3 N–H and O–H groups in total. The first kappa shape index (κ1) is 14.8. The predicted octanol–water partition coefficient (Wildman–Crippen LogP) is 3.97. The Kier molecular flexibility index (Phi) is 6.58. The first-order chi connectivity index (χ1) is 8.65. The number of benzene rings is 1. The number of halogens is 1. The van der Waals surface area contributed by atoms with Crippen LogP contribution in [-0.2, 0) is 0 Å². The van der Waals surface area contributed by atoms with Crippen molar-refractivity contribution in [3.05, 3.63) is 28.8 Å². The highest BCUT2D eigenvalue weighted by atomic mass is 35.5. The third kappa shape index (κ3) is 4.96. The number of unbranched alkanes of at least 4 members (excludes halogenated alkanes) is 4. The molecule has 0 saturated carbocycles. The zero-order valence-corrected chi connectivity index (χ0v) is 11.6. The molecule has 0 heterocycles. The highest BCUT2D eigenvalue weighted by molar-refractivity contribution is 6.34. The maximum Gasteiger partial charge on any atom is 0.124 e. The third-order valence-corrected chi connectivity index (χ3v) is 3.06. The first-order valence-electron chi connectivity index (χ1n) is 6.42. The summed E-state index contributed by atoms with van der Waals surface area (Å²) in [6.07, 6.45) is 6.07. The van der Waals surface area contributed by atoms with E-state index in [9.17, 15) is 0 Å². The standard InChI is InChI=1S/C14H21ClN2O/c1-2-3-4-5-6-9-18-11-7-8-12(14(16)17)13(15)10-11/h7-8,10H,2-6,9H2,1H3,(H3,16,17). The lowest BCUT2D eigenvalue weighted by Gasteiger charge is -2.08. The summed E-state index contributed by atoms with van der Waals surface area (Å²) >= 11 is 6.00. The molecule has 1 rings (SSSR count). The van der Waals surface area contributed by atoms with Crippen LogP contribution in [0.1, 0.15) is 44.6 Å². The molecule has 0 radical (unpaired) electrons. The van der Waals surface area contributed by atoms with E-state index < -0.39 is 0 Å². The van der Waals surface area contributed by atoms with Crippen LogP contribution in [0.5, 0.6) is 5.75 Å². The normalized spacial score (nSPS) is 10.3. The van der Waals surface area contributed by atoms with E-state index >= 15 is 0 Å². The van der Waals surface area contributed by atoms with E-state index in [0.717, 1.165) is 12.2 Å². The van der Waals surface area contributed by atoms with E-state index in [0.29, 0.717) is 17.2 Å². The van der Waals surface area contributed by atoms with E-state index in [1.807, 2.05) is 0 Å². The minimum absolute atomic E-state index is 0.0221. The van der Waals surface area contributed by atoms with Crippen LogP contribution in [0.3, 0.4) is 0 Å². The van der Waals surface area contributed by atoms with E-state index in [4.69, 9.17) is 27.5 Å². The number of nitrogen functional groups attached to an aromatic ring is 1. The minimum atomic E-state index is -0.0221. The van der Waals surface area contributed by atoms with Gasteiger partial charge < -0.3 is 10.5 Å². The van der Waals surface area contributed by atoms with Gasteiger partial charge in [0.25, 0.3) is 0 Å². The molecule has 1 aromatic rings. The van der Waals surface area contributed by atoms with Crippen LogP contribution in [0.25, 0.3) is 0 Å². The monoisotopic (exact) mass is 268 g/mol. The van der Waals surface area contributed by atoms with Crippen LogP contribution in [0, 0.1) is 5.41 Å². The molecule has 0 aliphatic rings. The molecule has 4 heteroatoms. The molecule has 0 amide bonds. The van der Waals surface area contributed by atoms with Gasteiger partial charge in [-0.3, -0.25) is 5.41 Å². The lowest BCUT2D eigenvalue weighted by atomic mass is 10.2. The number of nitrogens with two attached hydrogens (primary N) is 1. The number of rotatable bonds is 8. The molecule has 18 heavy (non-hydrogen) atoms. The van der Waals surface area contributed by atoms with Gasteiger partial charge in [-0.1, -0.05) is 44.2 Å². The lowest BCUT2D eigenvalue weighted by Crippen LogP contribution is -2.11. The molecule has 0 atom stereocenters. The van der Waals surface area contributed by atoms with Crippen molar-refractivity contribution in [2.75, 3.05) is 6.61 Å². The fourth-order valence-corrected chi connectivity index (χ4v) is 1.97. The number of amidine groups is 1. The van der Waals surface area contributed by atoms with Crippen molar-refractivity contribution in [3.63, 3.8) is 0 Å². The lowest BCUT2D eigenvalue weighted by molar-refractivity contribution is 0.304. The van der Waals surface area contributed by atoms with Gasteiger partial charge in [-0.25, -0.2) is 0 Å². The first-order valence-corrected chi connectivity index (χ1v) is 6.79. The van der Waals surface area contributed by atoms with Crippen molar-refractivity contribution in [1.29, 1.82) is 5.41 Å². The average Bonchev–Trinajstić information content (AvgIpc) is 2.33. The van der Waals surface area contributed by atoms with Crippen molar-refractivity contribution in [1.82, 2.24) is 0 Å². The van der Waals surface area contributed by atoms with Gasteiger partial charge >= 0.3 is 0 Å². The molecule has 0 aromatic heterocycles. The van der Waals surface area contributed by atoms with Gasteiger partial charge in [0.05, 0.1) is 11.6 Å². The summed E-state index contributed by atoms with van der Waals surface area (Å²) in [5, 5.41) is 7.80. The molecule has 1 aromatic carbocycles. The Morgan fingerprint density at radius 3 is 2.61 bits per heavy atom. The van der Waals surface area contributed by atoms with Crippen LogP contribution in [0.4, 0.5) is 0 Å². The second-order valence-corrected chi connectivity index (χ2v) is 4.73. The van der Waals surface area contributed by atoms with E-state index in [-0.39, 0.29) is 5.84 Å². The second-order valence-electron chi connectivity index (χ2n) is 4.32. The van der Waals surface area contributed by atoms with Crippen LogP contribution in [0.2, 0.25) is 5.02 Å². The molecule has 0 aliphatic carbocycles. The van der Waals surface area contributed by atoms with Gasteiger partial charge in [-0.2, -0.15) is 0 Å². The molecule has 0 bridgehead atoms. The van der Waals surface area contributed by atoms with Crippen molar-refractivity contribution in [3.8, 4) is 5.75 Å². The summed E-state index contributed by atoms with van der Waals surface area (Å²) < 4.78 is 5.61.